The summed E-state index contributed by atoms with van der Waals surface area (Å²) in [7, 11) is 0. The van der Waals surface area contributed by atoms with E-state index in [-0.39, 0.29) is 6.10 Å². The first-order chi connectivity index (χ1) is 9.93. The quantitative estimate of drug-likeness (QED) is 0.706. The van der Waals surface area contributed by atoms with Crippen LogP contribution in [0.15, 0.2) is 79.0 Å². The van der Waals surface area contributed by atoms with Gasteiger partial charge in [-0.25, -0.2) is 0 Å². The molecule has 2 nitrogen and oxygen atoms in total. The Morgan fingerprint density at radius 3 is 1.90 bits per heavy atom. The highest BCUT2D eigenvalue weighted by Crippen LogP contribution is 2.27. The molecule has 0 fully saturated rings. The van der Waals surface area contributed by atoms with Crippen molar-refractivity contribution in [2.75, 3.05) is 0 Å². The van der Waals surface area contributed by atoms with Crippen LogP contribution in [0.5, 0.6) is 5.75 Å². The second-order valence-electron chi connectivity index (χ2n) is 4.44. The van der Waals surface area contributed by atoms with Crippen molar-refractivity contribution in [2.24, 2.45) is 0 Å². The van der Waals surface area contributed by atoms with Crippen LogP contribution in [0.2, 0.25) is 0 Å². The number of aromatic nitrogens is 1. The molecule has 0 aliphatic carbocycles. The lowest BCUT2D eigenvalue weighted by atomic mass is 10.0. The van der Waals surface area contributed by atoms with Gasteiger partial charge in [0.15, 0.2) is 0 Å². The highest BCUT2D eigenvalue weighted by molar-refractivity contribution is 5.32. The van der Waals surface area contributed by atoms with Crippen molar-refractivity contribution in [1.29, 1.82) is 0 Å². The molecule has 0 saturated carbocycles. The number of ether oxygens (including phenoxy) is 1. The fourth-order valence-electron chi connectivity index (χ4n) is 2.10. The first-order valence-electron chi connectivity index (χ1n) is 6.52. The normalized spacial score (nSPS) is 10.4. The molecular weight excluding hydrogens is 246 g/mol. The van der Waals surface area contributed by atoms with Crippen molar-refractivity contribution < 1.29 is 4.74 Å². The van der Waals surface area contributed by atoms with Gasteiger partial charge in [0.1, 0.15) is 11.9 Å². The van der Waals surface area contributed by atoms with Gasteiger partial charge in [0.2, 0.25) is 0 Å². The molecule has 97 valence electrons. The van der Waals surface area contributed by atoms with E-state index in [1.807, 2.05) is 42.5 Å². The molecule has 20 heavy (non-hydrogen) atoms. The van der Waals surface area contributed by atoms with E-state index in [9.17, 15) is 0 Å². The van der Waals surface area contributed by atoms with Gasteiger partial charge in [0.05, 0.1) is 12.4 Å². The number of benzene rings is 2. The van der Waals surface area contributed by atoms with Gasteiger partial charge in [-0.15, -0.1) is 0 Å². The Kier molecular flexibility index (Phi) is 3.74. The third kappa shape index (κ3) is 2.86. The molecule has 2 aromatic carbocycles. The molecule has 3 rings (SSSR count). The molecular formula is C18H14NO. The Hall–Kier alpha value is -2.61. The molecule has 0 aliphatic rings. The summed E-state index contributed by atoms with van der Waals surface area (Å²) in [5.74, 6) is 0.737. The molecule has 0 saturated heterocycles. The number of hydrogen-bond acceptors (Lipinski definition) is 2. The molecule has 1 radical (unpaired) electrons. The summed E-state index contributed by atoms with van der Waals surface area (Å²) in [4.78, 5) is 3.98. The van der Waals surface area contributed by atoms with Gasteiger partial charge in [-0.2, -0.15) is 0 Å². The number of rotatable bonds is 4. The minimum absolute atomic E-state index is 0.137. The van der Waals surface area contributed by atoms with Crippen LogP contribution in [0.1, 0.15) is 17.2 Å². The van der Waals surface area contributed by atoms with Crippen LogP contribution in [0, 0.1) is 6.20 Å². The van der Waals surface area contributed by atoms with Gasteiger partial charge in [0.25, 0.3) is 0 Å². The summed E-state index contributed by atoms with van der Waals surface area (Å²) in [6.07, 6.45) is 4.30. The zero-order valence-electron chi connectivity index (χ0n) is 10.9. The monoisotopic (exact) mass is 260 g/mol. The van der Waals surface area contributed by atoms with E-state index >= 15 is 0 Å². The molecule has 0 aliphatic heterocycles. The lowest BCUT2D eigenvalue weighted by molar-refractivity contribution is 0.246. The fourth-order valence-corrected chi connectivity index (χ4v) is 2.10. The van der Waals surface area contributed by atoms with Crippen molar-refractivity contribution in [2.45, 2.75) is 6.10 Å². The number of hydrogen-bond donors (Lipinski definition) is 0. The largest absolute Gasteiger partial charge is 0.479 e. The van der Waals surface area contributed by atoms with Crippen molar-refractivity contribution in [3.05, 3.63) is 96.3 Å². The summed E-state index contributed by atoms with van der Waals surface area (Å²) in [5.41, 5.74) is 2.23. The van der Waals surface area contributed by atoms with Crippen molar-refractivity contribution in [3.63, 3.8) is 0 Å². The topological polar surface area (TPSA) is 22.1 Å². The second kappa shape index (κ2) is 6.02. The molecule has 0 bridgehead atoms. The minimum atomic E-state index is -0.137. The van der Waals surface area contributed by atoms with Crippen molar-refractivity contribution >= 4 is 0 Å². The van der Waals surface area contributed by atoms with Crippen molar-refractivity contribution in [3.8, 4) is 5.75 Å². The third-order valence-electron chi connectivity index (χ3n) is 3.05. The second-order valence-corrected chi connectivity index (χ2v) is 4.44. The first kappa shape index (κ1) is 12.4. The van der Waals surface area contributed by atoms with E-state index in [4.69, 9.17) is 4.74 Å². The summed E-state index contributed by atoms with van der Waals surface area (Å²) in [5, 5.41) is 0. The zero-order chi connectivity index (χ0) is 13.6. The Bertz CT molecular complexity index is 599. The lowest BCUT2D eigenvalue weighted by Crippen LogP contribution is -2.09. The Morgan fingerprint density at radius 2 is 1.40 bits per heavy atom. The van der Waals surface area contributed by atoms with E-state index < -0.39 is 0 Å². The lowest BCUT2D eigenvalue weighted by Gasteiger charge is -2.19. The highest BCUT2D eigenvalue weighted by Gasteiger charge is 2.15. The predicted octanol–water partition coefficient (Wildman–Crippen LogP) is 4.05. The fraction of sp³-hybridized carbons (Fsp3) is 0.0556. The van der Waals surface area contributed by atoms with E-state index in [0.717, 1.165) is 16.9 Å². The Labute approximate surface area is 118 Å². The summed E-state index contributed by atoms with van der Waals surface area (Å²) in [6.45, 7) is 0. The summed E-state index contributed by atoms with van der Waals surface area (Å²) in [6, 6.07) is 24.0. The molecule has 0 atom stereocenters. The highest BCUT2D eigenvalue weighted by atomic mass is 16.5. The average molecular weight is 260 g/mol. The molecule has 0 unspecified atom stereocenters. The van der Waals surface area contributed by atoms with Crippen LogP contribution < -0.4 is 4.74 Å². The Balaban J connectivity index is 1.96. The SMILES string of the molecule is [c]1ccc(OC(c2ccccc2)c2ccccc2)cn1. The van der Waals surface area contributed by atoms with Crippen LogP contribution in [0.25, 0.3) is 0 Å². The van der Waals surface area contributed by atoms with Crippen LogP contribution in [0.4, 0.5) is 0 Å². The first-order valence-corrected chi connectivity index (χ1v) is 6.52. The molecule has 1 aromatic heterocycles. The molecule has 2 heteroatoms. The standard InChI is InChI=1S/C18H14NO/c1-3-8-15(9-4-1)18(16-10-5-2-6-11-16)20-17-12-7-13-19-14-17/h1-12,14,18H. The Morgan fingerprint density at radius 1 is 0.800 bits per heavy atom. The molecule has 3 aromatic rings. The van der Waals surface area contributed by atoms with Crippen LogP contribution in [0.3, 0.4) is 0 Å². The van der Waals surface area contributed by atoms with E-state index in [0.29, 0.717) is 0 Å². The maximum Gasteiger partial charge on any atom is 0.149 e. The zero-order valence-corrected chi connectivity index (χ0v) is 10.9. The molecule has 0 N–H and O–H groups in total. The van der Waals surface area contributed by atoms with E-state index in [1.165, 1.54) is 0 Å². The third-order valence-corrected chi connectivity index (χ3v) is 3.05. The van der Waals surface area contributed by atoms with Gasteiger partial charge in [0, 0.05) is 0 Å². The number of nitrogens with zero attached hydrogens (tertiary/aromatic N) is 1. The molecule has 1 heterocycles. The molecule has 0 spiro atoms. The van der Waals surface area contributed by atoms with Gasteiger partial charge < -0.3 is 4.74 Å². The smallest absolute Gasteiger partial charge is 0.149 e. The van der Waals surface area contributed by atoms with E-state index in [2.05, 4.69) is 35.4 Å². The minimum Gasteiger partial charge on any atom is -0.479 e. The maximum atomic E-state index is 6.10. The number of pyridine rings is 1. The molecule has 0 amide bonds. The summed E-state index contributed by atoms with van der Waals surface area (Å²) < 4.78 is 6.10. The van der Waals surface area contributed by atoms with Crippen LogP contribution in [-0.2, 0) is 0 Å². The average Bonchev–Trinajstić information content (AvgIpc) is 2.55. The van der Waals surface area contributed by atoms with Gasteiger partial charge in [-0.05, 0) is 23.3 Å². The predicted molar refractivity (Wildman–Crippen MR) is 78.4 cm³/mol. The van der Waals surface area contributed by atoms with Crippen LogP contribution in [-0.4, -0.2) is 4.98 Å². The van der Waals surface area contributed by atoms with Gasteiger partial charge in [-0.3, -0.25) is 4.98 Å². The van der Waals surface area contributed by atoms with Crippen LogP contribution >= 0.6 is 0 Å². The van der Waals surface area contributed by atoms with Crippen molar-refractivity contribution in [1.82, 2.24) is 4.98 Å². The maximum absolute atomic E-state index is 6.10. The van der Waals surface area contributed by atoms with E-state index in [1.54, 1.807) is 12.3 Å². The summed E-state index contributed by atoms with van der Waals surface area (Å²) >= 11 is 0. The van der Waals surface area contributed by atoms with Gasteiger partial charge in [-0.1, -0.05) is 60.7 Å². The van der Waals surface area contributed by atoms with Gasteiger partial charge >= 0.3 is 0 Å².